The predicted molar refractivity (Wildman–Crippen MR) is 68.8 cm³/mol. The average Bonchev–Trinajstić information content (AvgIpc) is 3.02. The summed E-state index contributed by atoms with van der Waals surface area (Å²) < 4.78 is 5.21. The Kier molecular flexibility index (Phi) is 3.05. The van der Waals surface area contributed by atoms with Gasteiger partial charge in [-0.05, 0) is 6.92 Å². The van der Waals surface area contributed by atoms with Gasteiger partial charge in [0, 0.05) is 43.1 Å². The van der Waals surface area contributed by atoms with Crippen molar-refractivity contribution in [3.63, 3.8) is 0 Å². The summed E-state index contributed by atoms with van der Waals surface area (Å²) >= 11 is 1.60. The molecule has 0 amide bonds. The average molecular weight is 265 g/mol. The van der Waals surface area contributed by atoms with Crippen molar-refractivity contribution in [2.75, 3.05) is 18.0 Å². The van der Waals surface area contributed by atoms with Gasteiger partial charge in [0.1, 0.15) is 5.76 Å². The van der Waals surface area contributed by atoms with Gasteiger partial charge in [0.05, 0.1) is 11.8 Å². The number of hydrogen-bond donors (Lipinski definition) is 1. The molecular formula is C12H15N3O2S. The van der Waals surface area contributed by atoms with Gasteiger partial charge in [-0.15, -0.1) is 11.3 Å². The number of aliphatic hydroxyl groups excluding tert-OH is 1. The summed E-state index contributed by atoms with van der Waals surface area (Å²) in [6, 6.07) is 1.93. The van der Waals surface area contributed by atoms with Crippen molar-refractivity contribution in [1.29, 1.82) is 0 Å². The van der Waals surface area contributed by atoms with Crippen molar-refractivity contribution in [2.24, 2.45) is 5.92 Å². The van der Waals surface area contributed by atoms with E-state index in [2.05, 4.69) is 15.0 Å². The van der Waals surface area contributed by atoms with Gasteiger partial charge in [-0.1, -0.05) is 5.16 Å². The van der Waals surface area contributed by atoms with Crippen molar-refractivity contribution in [1.82, 2.24) is 10.1 Å². The molecule has 0 aromatic carbocycles. The lowest BCUT2D eigenvalue weighted by Gasteiger charge is -2.13. The summed E-state index contributed by atoms with van der Waals surface area (Å²) in [7, 11) is 0. The molecule has 0 saturated carbocycles. The third-order valence-corrected chi connectivity index (χ3v) is 4.07. The van der Waals surface area contributed by atoms with Crippen LogP contribution in [0.3, 0.4) is 0 Å². The third-order valence-electron chi connectivity index (χ3n) is 3.24. The number of nitrogens with zero attached hydrogens (tertiary/aromatic N) is 3. The van der Waals surface area contributed by atoms with E-state index < -0.39 is 0 Å². The highest BCUT2D eigenvalue weighted by Crippen LogP contribution is 2.27. The van der Waals surface area contributed by atoms with Crippen molar-refractivity contribution in [3.05, 3.63) is 29.1 Å². The maximum absolute atomic E-state index is 10.1. The molecule has 2 atom stereocenters. The van der Waals surface area contributed by atoms with Gasteiger partial charge in [-0.25, -0.2) is 4.98 Å². The van der Waals surface area contributed by atoms with Crippen LogP contribution >= 0.6 is 11.3 Å². The smallest absolute Gasteiger partial charge is 0.185 e. The zero-order valence-electron chi connectivity index (χ0n) is 10.1. The predicted octanol–water partition coefficient (Wildman–Crippen LogP) is 1.48. The molecule has 0 unspecified atom stereocenters. The van der Waals surface area contributed by atoms with Crippen LogP contribution in [0.25, 0.3) is 0 Å². The Bertz CT molecular complexity index is 511. The van der Waals surface area contributed by atoms with E-state index in [4.69, 9.17) is 4.52 Å². The van der Waals surface area contributed by atoms with Crippen LogP contribution in [0, 0.1) is 12.8 Å². The van der Waals surface area contributed by atoms with Crippen LogP contribution in [-0.2, 0) is 6.42 Å². The van der Waals surface area contributed by atoms with Gasteiger partial charge in [0.25, 0.3) is 0 Å². The van der Waals surface area contributed by atoms with Gasteiger partial charge in [-0.3, -0.25) is 0 Å². The van der Waals surface area contributed by atoms with Crippen LogP contribution in [0.5, 0.6) is 0 Å². The fourth-order valence-corrected chi connectivity index (χ4v) is 3.02. The minimum atomic E-state index is -0.334. The Balaban J connectivity index is 1.67. The Morgan fingerprint density at radius 1 is 1.56 bits per heavy atom. The first kappa shape index (κ1) is 11.7. The molecule has 1 aliphatic heterocycles. The number of rotatable bonds is 3. The summed E-state index contributed by atoms with van der Waals surface area (Å²) in [4.78, 5) is 6.40. The van der Waals surface area contributed by atoms with E-state index >= 15 is 0 Å². The first-order chi connectivity index (χ1) is 8.72. The van der Waals surface area contributed by atoms with E-state index in [1.54, 1.807) is 17.5 Å². The number of aryl methyl sites for hydroxylation is 1. The Labute approximate surface area is 109 Å². The molecule has 18 heavy (non-hydrogen) atoms. The summed E-state index contributed by atoms with van der Waals surface area (Å²) in [5.74, 6) is 1.03. The minimum absolute atomic E-state index is 0.182. The fourth-order valence-electron chi connectivity index (χ4n) is 2.35. The largest absolute Gasteiger partial charge is 0.391 e. The lowest BCUT2D eigenvalue weighted by molar-refractivity contribution is 0.143. The maximum Gasteiger partial charge on any atom is 0.185 e. The lowest BCUT2D eigenvalue weighted by Crippen LogP contribution is -2.20. The first-order valence-corrected chi connectivity index (χ1v) is 6.85. The molecule has 2 aromatic heterocycles. The first-order valence-electron chi connectivity index (χ1n) is 5.97. The lowest BCUT2D eigenvalue weighted by atomic mass is 10.0. The normalized spacial score (nSPS) is 23.8. The molecule has 3 rings (SSSR count). The zero-order chi connectivity index (χ0) is 12.5. The molecule has 0 aliphatic carbocycles. The highest BCUT2D eigenvalue weighted by molar-refractivity contribution is 7.13. The summed E-state index contributed by atoms with van der Waals surface area (Å²) in [6.07, 6.45) is 2.18. The van der Waals surface area contributed by atoms with E-state index in [1.165, 1.54) is 0 Å². The number of thiazole rings is 1. The van der Waals surface area contributed by atoms with E-state index in [0.29, 0.717) is 6.54 Å². The second kappa shape index (κ2) is 4.70. The third kappa shape index (κ3) is 2.26. The van der Waals surface area contributed by atoms with Gasteiger partial charge in [0.2, 0.25) is 0 Å². The molecule has 96 valence electrons. The molecule has 0 radical (unpaired) electrons. The molecule has 1 aliphatic rings. The second-order valence-electron chi connectivity index (χ2n) is 4.69. The highest BCUT2D eigenvalue weighted by Gasteiger charge is 2.33. The molecule has 2 aromatic rings. The molecule has 0 spiro atoms. The number of aromatic nitrogens is 2. The van der Waals surface area contributed by atoms with Crippen LogP contribution < -0.4 is 4.90 Å². The summed E-state index contributed by atoms with van der Waals surface area (Å²) in [5, 5.41) is 16.9. The van der Waals surface area contributed by atoms with Gasteiger partial charge < -0.3 is 14.5 Å². The minimum Gasteiger partial charge on any atom is -0.391 e. The molecule has 3 heterocycles. The van der Waals surface area contributed by atoms with Crippen LogP contribution in [0.2, 0.25) is 0 Å². The molecule has 5 nitrogen and oxygen atoms in total. The molecular weight excluding hydrogens is 250 g/mol. The number of anilines is 1. The number of aliphatic hydroxyl groups is 1. The van der Waals surface area contributed by atoms with Crippen LogP contribution in [0.4, 0.5) is 5.13 Å². The van der Waals surface area contributed by atoms with Gasteiger partial charge in [0.15, 0.2) is 5.13 Å². The quantitative estimate of drug-likeness (QED) is 0.910. The molecule has 6 heteroatoms. The standard InChI is InChI=1S/C12H15N3O2S/c1-8-4-10(17-14-8)5-9-6-15(7-11(9)16)12-13-2-3-18-12/h2-4,9,11,16H,5-7H2,1H3/t9-,11+/m1/s1. The van der Waals surface area contributed by atoms with E-state index in [0.717, 1.165) is 29.6 Å². The highest BCUT2D eigenvalue weighted by atomic mass is 32.1. The zero-order valence-corrected chi connectivity index (χ0v) is 10.9. The van der Waals surface area contributed by atoms with E-state index in [9.17, 15) is 5.11 Å². The molecule has 1 fully saturated rings. The van der Waals surface area contributed by atoms with Gasteiger partial charge in [-0.2, -0.15) is 0 Å². The Hall–Kier alpha value is -1.40. The van der Waals surface area contributed by atoms with E-state index in [1.807, 2.05) is 18.4 Å². The topological polar surface area (TPSA) is 62.4 Å². The molecule has 1 saturated heterocycles. The number of β-amino-alcohol motifs (C(OH)–C–C–N with tert-alkyl or cyclic N) is 1. The maximum atomic E-state index is 10.1. The summed E-state index contributed by atoms with van der Waals surface area (Å²) in [6.45, 7) is 3.36. The Morgan fingerprint density at radius 2 is 2.44 bits per heavy atom. The van der Waals surface area contributed by atoms with Crippen molar-refractivity contribution >= 4 is 16.5 Å². The van der Waals surface area contributed by atoms with Crippen LogP contribution in [0.15, 0.2) is 22.2 Å². The monoisotopic (exact) mass is 265 g/mol. The molecule has 1 N–H and O–H groups in total. The van der Waals surface area contributed by atoms with Crippen LogP contribution in [-0.4, -0.2) is 34.4 Å². The van der Waals surface area contributed by atoms with Crippen molar-refractivity contribution < 1.29 is 9.63 Å². The fraction of sp³-hybridized carbons (Fsp3) is 0.500. The Morgan fingerprint density at radius 3 is 3.11 bits per heavy atom. The van der Waals surface area contributed by atoms with Crippen molar-refractivity contribution in [3.8, 4) is 0 Å². The molecule has 0 bridgehead atoms. The SMILES string of the molecule is Cc1cc(C[C@@H]2CN(c3nccs3)C[C@@H]2O)on1. The summed E-state index contributed by atoms with van der Waals surface area (Å²) in [5.41, 5.74) is 0.884. The van der Waals surface area contributed by atoms with Gasteiger partial charge >= 0.3 is 0 Å². The second-order valence-corrected chi connectivity index (χ2v) is 5.56. The van der Waals surface area contributed by atoms with Crippen LogP contribution in [0.1, 0.15) is 11.5 Å². The van der Waals surface area contributed by atoms with Crippen molar-refractivity contribution in [2.45, 2.75) is 19.4 Å². The van der Waals surface area contributed by atoms with E-state index in [-0.39, 0.29) is 12.0 Å². The number of hydrogen-bond acceptors (Lipinski definition) is 6.